The van der Waals surface area contributed by atoms with Gasteiger partial charge in [-0.25, -0.2) is 4.39 Å². The molecule has 1 unspecified atom stereocenters. The minimum absolute atomic E-state index is 0.125. The SMILES string of the molecule is CSSCN1CCC2(CCC(F)[C@H]2N)CC1. The fraction of sp³-hybridized carbons (Fsp3) is 1.00. The van der Waals surface area contributed by atoms with Crippen molar-refractivity contribution >= 4 is 21.6 Å². The number of hydrogen-bond acceptors (Lipinski definition) is 4. The van der Waals surface area contributed by atoms with Gasteiger partial charge in [-0.2, -0.15) is 0 Å². The molecular weight excluding hydrogens is 243 g/mol. The number of hydrogen-bond donors (Lipinski definition) is 1. The maximum atomic E-state index is 13.5. The van der Waals surface area contributed by atoms with E-state index in [-0.39, 0.29) is 11.5 Å². The minimum atomic E-state index is -0.757. The van der Waals surface area contributed by atoms with Crippen LogP contribution in [0.15, 0.2) is 0 Å². The van der Waals surface area contributed by atoms with Gasteiger partial charge in [-0.15, -0.1) is 0 Å². The van der Waals surface area contributed by atoms with Crippen LogP contribution < -0.4 is 5.73 Å². The number of halogens is 1. The Balaban J connectivity index is 1.84. The highest BCUT2D eigenvalue weighted by molar-refractivity contribution is 8.76. The number of nitrogens with zero attached hydrogens (tertiary/aromatic N) is 1. The molecule has 0 bridgehead atoms. The quantitative estimate of drug-likeness (QED) is 0.793. The molecule has 2 rings (SSSR count). The second kappa shape index (κ2) is 5.46. The molecule has 0 amide bonds. The summed E-state index contributed by atoms with van der Waals surface area (Å²) in [6.45, 7) is 2.18. The lowest BCUT2D eigenvalue weighted by atomic mass is 9.74. The molecule has 2 nitrogen and oxygen atoms in total. The van der Waals surface area contributed by atoms with E-state index >= 15 is 0 Å². The maximum Gasteiger partial charge on any atom is 0.116 e. The summed E-state index contributed by atoms with van der Waals surface area (Å²) in [6.07, 6.45) is 5.20. The van der Waals surface area contributed by atoms with Gasteiger partial charge in [0, 0.05) is 6.04 Å². The monoisotopic (exact) mass is 264 g/mol. The van der Waals surface area contributed by atoms with E-state index in [1.54, 1.807) is 0 Å². The minimum Gasteiger partial charge on any atom is -0.325 e. The van der Waals surface area contributed by atoms with Gasteiger partial charge in [-0.3, -0.25) is 4.90 Å². The molecule has 1 aliphatic heterocycles. The zero-order valence-electron chi connectivity index (χ0n) is 9.82. The van der Waals surface area contributed by atoms with Gasteiger partial charge in [0.15, 0.2) is 0 Å². The lowest BCUT2D eigenvalue weighted by Crippen LogP contribution is -2.49. The Morgan fingerprint density at radius 1 is 1.38 bits per heavy atom. The second-order valence-corrected chi connectivity index (χ2v) is 7.51. The molecule has 1 heterocycles. The van der Waals surface area contributed by atoms with Crippen molar-refractivity contribution in [1.82, 2.24) is 4.90 Å². The summed E-state index contributed by atoms with van der Waals surface area (Å²) in [4.78, 5) is 2.46. The van der Waals surface area contributed by atoms with Crippen LogP contribution in [0.25, 0.3) is 0 Å². The molecule has 94 valence electrons. The van der Waals surface area contributed by atoms with Gasteiger partial charge in [-0.05, 0) is 50.4 Å². The molecule has 0 aromatic carbocycles. The molecule has 1 saturated heterocycles. The molecule has 1 saturated carbocycles. The first-order chi connectivity index (χ1) is 7.68. The highest BCUT2D eigenvalue weighted by Gasteiger charge is 2.47. The normalized spacial score (nSPS) is 34.7. The van der Waals surface area contributed by atoms with Crippen LogP contribution in [0.1, 0.15) is 25.7 Å². The third-order valence-corrected chi connectivity index (χ3v) is 5.95. The standard InChI is InChI=1S/C11H21FN2S2/c1-15-16-8-14-6-4-11(5-7-14)3-2-9(12)10(11)13/h9-10H,2-8,13H2,1H3/t9?,10-/m1/s1. The van der Waals surface area contributed by atoms with E-state index in [0.717, 1.165) is 38.2 Å². The fourth-order valence-corrected chi connectivity index (χ4v) is 4.27. The van der Waals surface area contributed by atoms with E-state index in [1.165, 1.54) is 0 Å². The van der Waals surface area contributed by atoms with Crippen LogP contribution >= 0.6 is 21.6 Å². The van der Waals surface area contributed by atoms with Crippen molar-refractivity contribution in [2.45, 2.75) is 37.9 Å². The first-order valence-electron chi connectivity index (χ1n) is 5.95. The molecule has 2 atom stereocenters. The molecule has 2 N–H and O–H groups in total. The maximum absolute atomic E-state index is 13.5. The van der Waals surface area contributed by atoms with Crippen LogP contribution in [-0.4, -0.2) is 42.3 Å². The number of likely N-dealkylation sites (tertiary alicyclic amines) is 1. The fourth-order valence-electron chi connectivity index (χ4n) is 2.99. The third kappa shape index (κ3) is 2.52. The molecule has 0 aromatic heterocycles. The van der Waals surface area contributed by atoms with Gasteiger partial charge in [0.2, 0.25) is 0 Å². The number of alkyl halides is 1. The van der Waals surface area contributed by atoms with Gasteiger partial charge in [-0.1, -0.05) is 21.6 Å². The van der Waals surface area contributed by atoms with Crippen molar-refractivity contribution in [2.75, 3.05) is 25.2 Å². The van der Waals surface area contributed by atoms with Crippen molar-refractivity contribution in [3.63, 3.8) is 0 Å². The Bertz CT molecular complexity index is 232. The first-order valence-corrected chi connectivity index (χ1v) is 8.68. The molecule has 16 heavy (non-hydrogen) atoms. The molecule has 1 spiro atoms. The van der Waals surface area contributed by atoms with Gasteiger partial charge >= 0.3 is 0 Å². The van der Waals surface area contributed by atoms with Crippen molar-refractivity contribution in [3.05, 3.63) is 0 Å². The summed E-state index contributed by atoms with van der Waals surface area (Å²) in [5.74, 6) is 1.09. The zero-order chi connectivity index (χ0) is 11.6. The zero-order valence-corrected chi connectivity index (χ0v) is 11.5. The van der Waals surface area contributed by atoms with Crippen molar-refractivity contribution in [3.8, 4) is 0 Å². The summed E-state index contributed by atoms with van der Waals surface area (Å²) in [7, 11) is 3.69. The van der Waals surface area contributed by atoms with Gasteiger partial charge in [0.1, 0.15) is 6.17 Å². The van der Waals surface area contributed by atoms with Crippen molar-refractivity contribution in [2.24, 2.45) is 11.1 Å². The van der Waals surface area contributed by atoms with Crippen LogP contribution in [0.3, 0.4) is 0 Å². The van der Waals surface area contributed by atoms with Crippen LogP contribution in [0, 0.1) is 5.41 Å². The summed E-state index contributed by atoms with van der Waals surface area (Å²) >= 11 is 0. The number of piperidine rings is 1. The third-order valence-electron chi connectivity index (χ3n) is 4.22. The topological polar surface area (TPSA) is 29.3 Å². The average molecular weight is 264 g/mol. The number of nitrogens with two attached hydrogens (primary N) is 1. The predicted octanol–water partition coefficient (Wildman–Crippen LogP) is 2.50. The van der Waals surface area contributed by atoms with E-state index in [2.05, 4.69) is 11.2 Å². The van der Waals surface area contributed by atoms with Gasteiger partial charge in [0.25, 0.3) is 0 Å². The van der Waals surface area contributed by atoms with Crippen LogP contribution in [0.4, 0.5) is 4.39 Å². The molecule has 0 aromatic rings. The summed E-state index contributed by atoms with van der Waals surface area (Å²) in [6, 6.07) is -0.206. The van der Waals surface area contributed by atoms with E-state index < -0.39 is 6.17 Å². The Hall–Kier alpha value is 0.550. The van der Waals surface area contributed by atoms with E-state index in [9.17, 15) is 4.39 Å². The Morgan fingerprint density at radius 3 is 2.56 bits per heavy atom. The molecule has 2 aliphatic rings. The first kappa shape index (κ1) is 13.0. The van der Waals surface area contributed by atoms with Crippen molar-refractivity contribution in [1.29, 1.82) is 0 Å². The Labute approximate surface area is 105 Å². The molecule has 1 aliphatic carbocycles. The van der Waals surface area contributed by atoms with E-state index in [0.29, 0.717) is 6.42 Å². The molecule has 2 fully saturated rings. The molecule has 5 heteroatoms. The number of rotatable bonds is 3. The lowest BCUT2D eigenvalue weighted by Gasteiger charge is -2.41. The second-order valence-electron chi connectivity index (χ2n) is 4.97. The Kier molecular flexibility index (Phi) is 4.44. The van der Waals surface area contributed by atoms with E-state index in [4.69, 9.17) is 5.73 Å². The Morgan fingerprint density at radius 2 is 2.06 bits per heavy atom. The lowest BCUT2D eigenvalue weighted by molar-refractivity contribution is 0.0961. The highest BCUT2D eigenvalue weighted by atomic mass is 33.1. The highest BCUT2D eigenvalue weighted by Crippen LogP contribution is 2.46. The van der Waals surface area contributed by atoms with E-state index in [1.807, 2.05) is 21.6 Å². The largest absolute Gasteiger partial charge is 0.325 e. The summed E-state index contributed by atoms with van der Waals surface area (Å²) < 4.78 is 13.5. The van der Waals surface area contributed by atoms with Gasteiger partial charge < -0.3 is 5.73 Å². The summed E-state index contributed by atoms with van der Waals surface area (Å²) in [5, 5.41) is 0. The molecule has 0 radical (unpaired) electrons. The van der Waals surface area contributed by atoms with Crippen molar-refractivity contribution < 1.29 is 4.39 Å². The average Bonchev–Trinajstić information content (AvgIpc) is 2.58. The van der Waals surface area contributed by atoms with Crippen LogP contribution in [0.2, 0.25) is 0 Å². The van der Waals surface area contributed by atoms with Gasteiger partial charge in [0.05, 0.1) is 5.88 Å². The van der Waals surface area contributed by atoms with Crippen LogP contribution in [-0.2, 0) is 0 Å². The molecular formula is C11H21FN2S2. The predicted molar refractivity (Wildman–Crippen MR) is 71.3 cm³/mol. The summed E-state index contributed by atoms with van der Waals surface area (Å²) in [5.41, 5.74) is 6.16. The smallest absolute Gasteiger partial charge is 0.116 e. The van der Waals surface area contributed by atoms with Crippen LogP contribution in [0.5, 0.6) is 0 Å².